The number of rotatable bonds is 5. The van der Waals surface area contributed by atoms with Crippen LogP contribution in [0.4, 0.5) is 15.2 Å². The quantitative estimate of drug-likeness (QED) is 0.740. The van der Waals surface area contributed by atoms with Crippen molar-refractivity contribution in [3.63, 3.8) is 0 Å². The molecule has 1 fully saturated rings. The highest BCUT2D eigenvalue weighted by atomic mass is 32.1. The Morgan fingerprint density at radius 2 is 1.96 bits per heavy atom. The highest BCUT2D eigenvalue weighted by Crippen LogP contribution is 2.31. The molecule has 0 atom stereocenters. The average Bonchev–Trinajstić information content (AvgIpc) is 3.12. The molecule has 0 unspecified atom stereocenters. The zero-order chi connectivity index (χ0) is 20.1. The summed E-state index contributed by atoms with van der Waals surface area (Å²) in [4.78, 5) is 29.8. The number of thiazole rings is 1. The summed E-state index contributed by atoms with van der Waals surface area (Å²) < 4.78 is 14.1. The number of aromatic nitrogens is 1. The Bertz CT molecular complexity index is 872. The summed E-state index contributed by atoms with van der Waals surface area (Å²) in [6, 6.07) is 6.30. The van der Waals surface area contributed by atoms with Gasteiger partial charge >= 0.3 is 0 Å². The Labute approximate surface area is 168 Å². The number of nitrogens with one attached hydrogen (secondary N) is 1. The lowest BCUT2D eigenvalue weighted by molar-refractivity contribution is -0.117. The Hall–Kier alpha value is -2.54. The van der Waals surface area contributed by atoms with Crippen molar-refractivity contribution in [3.8, 4) is 0 Å². The summed E-state index contributed by atoms with van der Waals surface area (Å²) in [5, 5.41) is 5.12. The van der Waals surface area contributed by atoms with E-state index >= 15 is 0 Å². The maximum atomic E-state index is 14.1. The third kappa shape index (κ3) is 5.04. The van der Waals surface area contributed by atoms with Crippen molar-refractivity contribution < 1.29 is 14.0 Å². The molecule has 148 valence electrons. The predicted octanol–water partition coefficient (Wildman–Crippen LogP) is 4.67. The maximum absolute atomic E-state index is 14.1. The molecule has 1 aromatic carbocycles. The van der Waals surface area contributed by atoms with E-state index in [1.165, 1.54) is 41.4 Å². The molecule has 0 spiro atoms. The Morgan fingerprint density at radius 3 is 2.64 bits per heavy atom. The van der Waals surface area contributed by atoms with Gasteiger partial charge in [-0.05, 0) is 49.8 Å². The Morgan fingerprint density at radius 1 is 1.25 bits per heavy atom. The summed E-state index contributed by atoms with van der Waals surface area (Å²) in [6.45, 7) is 3.60. The molecule has 1 aliphatic carbocycles. The molecule has 7 heteroatoms. The lowest BCUT2D eigenvalue weighted by Gasteiger charge is -2.26. The number of amides is 2. The van der Waals surface area contributed by atoms with E-state index in [0.29, 0.717) is 10.8 Å². The highest BCUT2D eigenvalue weighted by molar-refractivity contribution is 7.14. The van der Waals surface area contributed by atoms with Crippen LogP contribution in [0.25, 0.3) is 6.08 Å². The van der Waals surface area contributed by atoms with Crippen molar-refractivity contribution in [1.82, 2.24) is 10.3 Å². The van der Waals surface area contributed by atoms with Crippen LogP contribution in [0.1, 0.15) is 45.2 Å². The first-order valence-electron chi connectivity index (χ1n) is 9.43. The second kappa shape index (κ2) is 9.10. The van der Waals surface area contributed by atoms with E-state index in [-0.39, 0.29) is 23.5 Å². The lowest BCUT2D eigenvalue weighted by Crippen LogP contribution is -2.36. The summed E-state index contributed by atoms with van der Waals surface area (Å²) in [5.74, 6) is -0.243. The van der Waals surface area contributed by atoms with Crippen LogP contribution in [0, 0.1) is 11.7 Å². The van der Waals surface area contributed by atoms with Crippen LogP contribution in [-0.4, -0.2) is 22.8 Å². The number of para-hydroxylation sites is 1. The van der Waals surface area contributed by atoms with E-state index in [9.17, 15) is 14.0 Å². The monoisotopic (exact) mass is 401 g/mol. The number of hydrogen-bond acceptors (Lipinski definition) is 4. The van der Waals surface area contributed by atoms with Crippen LogP contribution in [0.5, 0.6) is 0 Å². The van der Waals surface area contributed by atoms with E-state index in [2.05, 4.69) is 17.2 Å². The number of halogens is 1. The fraction of sp³-hybridized carbons (Fsp3) is 0.381. The number of hydrogen-bond donors (Lipinski definition) is 1. The zero-order valence-electron chi connectivity index (χ0n) is 16.0. The molecule has 1 N–H and O–H groups in total. The summed E-state index contributed by atoms with van der Waals surface area (Å²) >= 11 is 1.22. The first-order chi connectivity index (χ1) is 13.4. The van der Waals surface area contributed by atoms with E-state index in [4.69, 9.17) is 0 Å². The molecule has 0 bridgehead atoms. The molecule has 2 aromatic rings. The van der Waals surface area contributed by atoms with E-state index in [1.807, 2.05) is 0 Å². The van der Waals surface area contributed by atoms with Gasteiger partial charge in [-0.2, -0.15) is 0 Å². The standard InChI is InChI=1S/C21H24FN3O2S/c1-14-7-9-16(10-8-14)23-20(27)12-11-17-13-28-21(24-17)25(15(2)26)19-6-4-3-5-18(19)22/h3-6,11-14,16H,7-10H2,1-2H3,(H,23,27). The van der Waals surface area contributed by atoms with E-state index in [1.54, 1.807) is 23.6 Å². The van der Waals surface area contributed by atoms with Gasteiger partial charge in [0, 0.05) is 24.4 Å². The molecule has 1 saturated carbocycles. The van der Waals surface area contributed by atoms with Crippen molar-refractivity contribution in [3.05, 3.63) is 47.2 Å². The topological polar surface area (TPSA) is 62.3 Å². The van der Waals surface area contributed by atoms with Crippen LogP contribution >= 0.6 is 11.3 Å². The van der Waals surface area contributed by atoms with Gasteiger partial charge in [-0.15, -0.1) is 11.3 Å². The molecule has 5 nitrogen and oxygen atoms in total. The lowest BCUT2D eigenvalue weighted by atomic mass is 9.87. The van der Waals surface area contributed by atoms with Gasteiger partial charge in [-0.25, -0.2) is 9.37 Å². The normalized spacial score (nSPS) is 19.5. The number of anilines is 2. The van der Waals surface area contributed by atoms with Gasteiger partial charge < -0.3 is 5.32 Å². The predicted molar refractivity (Wildman–Crippen MR) is 110 cm³/mol. The summed E-state index contributed by atoms with van der Waals surface area (Å²) in [5.41, 5.74) is 0.708. The molecule has 0 saturated heterocycles. The van der Waals surface area contributed by atoms with Crippen molar-refractivity contribution in [2.45, 2.75) is 45.6 Å². The van der Waals surface area contributed by atoms with Crippen LogP contribution in [0.15, 0.2) is 35.7 Å². The minimum atomic E-state index is -0.494. The molecule has 1 aliphatic rings. The van der Waals surface area contributed by atoms with Gasteiger partial charge in [0.25, 0.3) is 0 Å². The number of nitrogens with zero attached hydrogens (tertiary/aromatic N) is 2. The zero-order valence-corrected chi connectivity index (χ0v) is 16.8. The van der Waals surface area contributed by atoms with Gasteiger partial charge in [-0.3, -0.25) is 14.5 Å². The smallest absolute Gasteiger partial charge is 0.244 e. The molecular weight excluding hydrogens is 377 g/mol. The van der Waals surface area contributed by atoms with Gasteiger partial charge in [0.2, 0.25) is 11.8 Å². The second-order valence-electron chi connectivity index (χ2n) is 7.16. The number of benzene rings is 1. The minimum absolute atomic E-state index is 0.147. The molecule has 1 heterocycles. The molecule has 1 aromatic heterocycles. The van der Waals surface area contributed by atoms with E-state index < -0.39 is 5.82 Å². The van der Waals surface area contributed by atoms with Gasteiger partial charge in [-0.1, -0.05) is 19.1 Å². The highest BCUT2D eigenvalue weighted by Gasteiger charge is 2.21. The second-order valence-corrected chi connectivity index (χ2v) is 8.00. The van der Waals surface area contributed by atoms with Crippen molar-refractivity contribution in [2.75, 3.05) is 4.90 Å². The van der Waals surface area contributed by atoms with Crippen LogP contribution in [0.2, 0.25) is 0 Å². The third-order valence-electron chi connectivity index (χ3n) is 4.88. The average molecular weight is 402 g/mol. The molecule has 0 aliphatic heterocycles. The number of carbonyl (C=O) groups is 2. The Balaban J connectivity index is 1.67. The summed E-state index contributed by atoms with van der Waals surface area (Å²) in [7, 11) is 0. The van der Waals surface area contributed by atoms with Crippen LogP contribution in [-0.2, 0) is 9.59 Å². The molecule has 28 heavy (non-hydrogen) atoms. The largest absolute Gasteiger partial charge is 0.350 e. The third-order valence-corrected chi connectivity index (χ3v) is 5.72. The summed E-state index contributed by atoms with van der Waals surface area (Å²) in [6.07, 6.45) is 7.37. The van der Waals surface area contributed by atoms with Crippen LogP contribution in [0.3, 0.4) is 0 Å². The van der Waals surface area contributed by atoms with Gasteiger partial charge in [0.05, 0.1) is 11.4 Å². The van der Waals surface area contributed by atoms with Crippen molar-refractivity contribution in [1.29, 1.82) is 0 Å². The molecule has 2 amide bonds. The van der Waals surface area contributed by atoms with E-state index in [0.717, 1.165) is 31.6 Å². The van der Waals surface area contributed by atoms with Gasteiger partial charge in [0.15, 0.2) is 5.13 Å². The molecule has 3 rings (SSSR count). The van der Waals surface area contributed by atoms with Crippen molar-refractivity contribution >= 4 is 40.0 Å². The fourth-order valence-corrected chi connectivity index (χ4v) is 4.16. The number of carbonyl (C=O) groups excluding carboxylic acids is 2. The van der Waals surface area contributed by atoms with Crippen LogP contribution < -0.4 is 10.2 Å². The fourth-order valence-electron chi connectivity index (χ4n) is 3.31. The molecule has 0 radical (unpaired) electrons. The van der Waals surface area contributed by atoms with Gasteiger partial charge in [0.1, 0.15) is 5.82 Å². The maximum Gasteiger partial charge on any atom is 0.244 e. The SMILES string of the molecule is CC(=O)N(c1nc(C=CC(=O)NC2CCC(C)CC2)cs1)c1ccccc1F. The first-order valence-corrected chi connectivity index (χ1v) is 10.3. The Kier molecular flexibility index (Phi) is 6.57. The van der Waals surface area contributed by atoms with Crippen molar-refractivity contribution in [2.24, 2.45) is 5.92 Å². The minimum Gasteiger partial charge on any atom is -0.350 e. The molecular formula is C21H24FN3O2S. The first kappa shape index (κ1) is 20.2.